The van der Waals surface area contributed by atoms with Gasteiger partial charge in [-0.25, -0.2) is 28.1 Å². The van der Waals surface area contributed by atoms with Crippen molar-refractivity contribution in [3.63, 3.8) is 0 Å². The Hall–Kier alpha value is -2.98. The van der Waals surface area contributed by atoms with Gasteiger partial charge in [0, 0.05) is 24.8 Å². The van der Waals surface area contributed by atoms with E-state index in [0.717, 1.165) is 17.0 Å². The molecule has 2 N–H and O–H groups in total. The molecule has 0 saturated carbocycles. The molecule has 0 spiro atoms. The Morgan fingerprint density at radius 3 is 2.55 bits per heavy atom. The number of methoxy groups -OCH3 is 1. The van der Waals surface area contributed by atoms with Gasteiger partial charge in [-0.2, -0.15) is 0 Å². The van der Waals surface area contributed by atoms with E-state index in [0.29, 0.717) is 23.9 Å². The summed E-state index contributed by atoms with van der Waals surface area (Å²) in [6.07, 6.45) is 3.16. The number of anilines is 1. The molecule has 0 saturated heterocycles. The van der Waals surface area contributed by atoms with Gasteiger partial charge in [0.1, 0.15) is 34.9 Å². The summed E-state index contributed by atoms with van der Waals surface area (Å²) in [7, 11) is -2.25. The molecule has 1 aromatic carbocycles. The van der Waals surface area contributed by atoms with Crippen molar-refractivity contribution in [1.82, 2.24) is 24.2 Å². The lowest BCUT2D eigenvalue weighted by atomic mass is 10.2. The fraction of sp³-hybridized carbons (Fsp3) is 0.316. The molecule has 0 aliphatic carbocycles. The smallest absolute Gasteiger partial charge is 0.244 e. The molecule has 0 aliphatic heterocycles. The topological polar surface area (TPSA) is 111 Å². The SMILES string of the molecule is COc1ccc(C)cc1S(=O)(=O)NCCNc1cc(-n2cnc(C)c2C)ncn1. The molecule has 29 heavy (non-hydrogen) atoms. The van der Waals surface area contributed by atoms with Gasteiger partial charge >= 0.3 is 0 Å². The quantitative estimate of drug-likeness (QED) is 0.540. The maximum atomic E-state index is 12.6. The van der Waals surface area contributed by atoms with Crippen molar-refractivity contribution < 1.29 is 13.2 Å². The van der Waals surface area contributed by atoms with Gasteiger partial charge in [-0.3, -0.25) is 4.57 Å². The third-order valence-corrected chi connectivity index (χ3v) is 5.97. The third kappa shape index (κ3) is 4.72. The van der Waals surface area contributed by atoms with Crippen LogP contribution in [0.3, 0.4) is 0 Å². The Kier molecular flexibility index (Phi) is 6.14. The molecule has 0 fully saturated rings. The van der Waals surface area contributed by atoms with Crippen molar-refractivity contribution in [3.8, 4) is 11.6 Å². The number of aryl methyl sites for hydroxylation is 2. The van der Waals surface area contributed by atoms with Crippen molar-refractivity contribution in [3.05, 3.63) is 53.9 Å². The number of aromatic nitrogens is 4. The molecule has 0 unspecified atom stereocenters. The molecule has 2 aromatic heterocycles. The second-order valence-electron chi connectivity index (χ2n) is 6.53. The largest absolute Gasteiger partial charge is 0.495 e. The van der Waals surface area contributed by atoms with Crippen molar-refractivity contribution in [2.24, 2.45) is 0 Å². The number of nitrogens with zero attached hydrogens (tertiary/aromatic N) is 4. The molecule has 0 amide bonds. The van der Waals surface area contributed by atoms with Gasteiger partial charge in [0.2, 0.25) is 10.0 Å². The highest BCUT2D eigenvalue weighted by Gasteiger charge is 2.19. The highest BCUT2D eigenvalue weighted by atomic mass is 32.2. The average molecular weight is 417 g/mol. The maximum Gasteiger partial charge on any atom is 0.244 e. The van der Waals surface area contributed by atoms with Crippen molar-refractivity contribution >= 4 is 15.8 Å². The van der Waals surface area contributed by atoms with Crippen molar-refractivity contribution in [2.45, 2.75) is 25.7 Å². The van der Waals surface area contributed by atoms with E-state index in [1.54, 1.807) is 30.6 Å². The molecule has 0 aliphatic rings. The average Bonchev–Trinajstić information content (AvgIpc) is 3.04. The summed E-state index contributed by atoms with van der Waals surface area (Å²) in [5.41, 5.74) is 2.76. The van der Waals surface area contributed by atoms with Crippen LogP contribution in [0.4, 0.5) is 5.82 Å². The molecule has 3 rings (SSSR count). The van der Waals surface area contributed by atoms with Crippen molar-refractivity contribution in [2.75, 3.05) is 25.5 Å². The summed E-state index contributed by atoms with van der Waals surface area (Å²) >= 11 is 0. The molecule has 10 heteroatoms. The fourth-order valence-electron chi connectivity index (χ4n) is 2.75. The molecule has 0 radical (unpaired) electrons. The van der Waals surface area contributed by atoms with Crippen molar-refractivity contribution in [1.29, 1.82) is 0 Å². The number of hydrogen-bond acceptors (Lipinski definition) is 7. The molecular weight excluding hydrogens is 392 g/mol. The Morgan fingerprint density at radius 2 is 1.86 bits per heavy atom. The molecule has 3 aromatic rings. The summed E-state index contributed by atoms with van der Waals surface area (Å²) in [6.45, 7) is 6.26. The van der Waals surface area contributed by atoms with Gasteiger partial charge in [-0.15, -0.1) is 0 Å². The number of ether oxygens (including phenoxy) is 1. The Bertz CT molecular complexity index is 1110. The minimum Gasteiger partial charge on any atom is -0.495 e. The summed E-state index contributed by atoms with van der Waals surface area (Å²) in [6, 6.07) is 6.81. The predicted molar refractivity (Wildman–Crippen MR) is 110 cm³/mol. The van der Waals surface area contributed by atoms with Crippen LogP contribution in [0.2, 0.25) is 0 Å². The van der Waals surface area contributed by atoms with Gasteiger partial charge in [0.25, 0.3) is 0 Å². The van der Waals surface area contributed by atoms with Gasteiger partial charge in [-0.1, -0.05) is 6.07 Å². The fourth-order valence-corrected chi connectivity index (χ4v) is 4.04. The predicted octanol–water partition coefficient (Wildman–Crippen LogP) is 1.99. The maximum absolute atomic E-state index is 12.6. The van der Waals surface area contributed by atoms with Crippen LogP contribution in [-0.4, -0.2) is 48.1 Å². The monoisotopic (exact) mass is 416 g/mol. The lowest BCUT2D eigenvalue weighted by molar-refractivity contribution is 0.402. The molecular formula is C19H24N6O3S. The molecule has 0 atom stereocenters. The lowest BCUT2D eigenvalue weighted by Gasteiger charge is -2.12. The van der Waals surface area contributed by atoms with E-state index < -0.39 is 10.0 Å². The standard InChI is InChI=1S/C19H24N6O3S/c1-13-5-6-16(28-4)17(9-13)29(26,27)24-8-7-20-18-10-19(22-11-21-18)25-12-23-14(2)15(25)3/h5-6,9-12,24H,7-8H2,1-4H3,(H,20,21,22). The lowest BCUT2D eigenvalue weighted by Crippen LogP contribution is -2.29. The first kappa shape index (κ1) is 20.7. The highest BCUT2D eigenvalue weighted by molar-refractivity contribution is 7.89. The number of imidazole rings is 1. The van der Waals surface area contributed by atoms with Crippen LogP contribution < -0.4 is 14.8 Å². The van der Waals surface area contributed by atoms with E-state index in [-0.39, 0.29) is 11.4 Å². The van der Waals surface area contributed by atoms with E-state index in [1.165, 1.54) is 13.4 Å². The van der Waals surface area contributed by atoms with Crippen LogP contribution in [0.5, 0.6) is 5.75 Å². The highest BCUT2D eigenvalue weighted by Crippen LogP contribution is 2.24. The van der Waals surface area contributed by atoms with Gasteiger partial charge in [0.05, 0.1) is 12.8 Å². The van der Waals surface area contributed by atoms with Crippen LogP contribution in [0.25, 0.3) is 5.82 Å². The second-order valence-corrected chi connectivity index (χ2v) is 8.26. The van der Waals surface area contributed by atoms with E-state index in [9.17, 15) is 8.42 Å². The number of nitrogens with one attached hydrogen (secondary N) is 2. The summed E-state index contributed by atoms with van der Waals surface area (Å²) in [5.74, 6) is 1.58. The van der Waals surface area contributed by atoms with E-state index in [1.807, 2.05) is 25.3 Å². The number of benzene rings is 1. The molecule has 9 nitrogen and oxygen atoms in total. The van der Waals surface area contributed by atoms with Crippen LogP contribution in [0.1, 0.15) is 17.0 Å². The van der Waals surface area contributed by atoms with E-state index in [4.69, 9.17) is 4.74 Å². The minimum absolute atomic E-state index is 0.121. The van der Waals surface area contributed by atoms with E-state index in [2.05, 4.69) is 25.0 Å². The summed E-state index contributed by atoms with van der Waals surface area (Å²) in [4.78, 5) is 12.8. The van der Waals surface area contributed by atoms with Gasteiger partial charge in [0.15, 0.2) is 0 Å². The number of rotatable bonds is 8. The summed E-state index contributed by atoms with van der Waals surface area (Å²) in [5, 5.41) is 3.10. The minimum atomic E-state index is -3.69. The first-order valence-corrected chi connectivity index (χ1v) is 10.5. The first-order valence-electron chi connectivity index (χ1n) is 9.03. The van der Waals surface area contributed by atoms with Crippen LogP contribution in [0, 0.1) is 20.8 Å². The normalized spacial score (nSPS) is 11.4. The van der Waals surface area contributed by atoms with Crippen LogP contribution in [-0.2, 0) is 10.0 Å². The van der Waals surface area contributed by atoms with Gasteiger partial charge in [-0.05, 0) is 38.5 Å². The Labute approximate surface area is 170 Å². The molecule has 2 heterocycles. The van der Waals surface area contributed by atoms with Crippen LogP contribution in [0.15, 0.2) is 41.8 Å². The van der Waals surface area contributed by atoms with E-state index >= 15 is 0 Å². The zero-order valence-corrected chi connectivity index (χ0v) is 17.6. The Balaban J connectivity index is 1.63. The van der Waals surface area contributed by atoms with Gasteiger partial charge < -0.3 is 10.1 Å². The molecule has 0 bridgehead atoms. The zero-order chi connectivity index (χ0) is 21.0. The summed E-state index contributed by atoms with van der Waals surface area (Å²) < 4.78 is 34.8. The number of hydrogen-bond donors (Lipinski definition) is 2. The number of sulfonamides is 1. The second kappa shape index (κ2) is 8.58. The van der Waals surface area contributed by atoms with Crippen LogP contribution >= 0.6 is 0 Å². The first-order chi connectivity index (χ1) is 13.8. The third-order valence-electron chi connectivity index (χ3n) is 4.48. The zero-order valence-electron chi connectivity index (χ0n) is 16.8. The Morgan fingerprint density at radius 1 is 1.07 bits per heavy atom. The molecule has 154 valence electrons.